The van der Waals surface area contributed by atoms with Crippen LogP contribution in [0.15, 0.2) is 24.4 Å². The Bertz CT molecular complexity index is 621. The number of aromatic nitrogens is 1. The minimum absolute atomic E-state index is 0.112. The third-order valence-corrected chi connectivity index (χ3v) is 4.16. The number of nitrogens with zero attached hydrogens (tertiary/aromatic N) is 2. The Balaban J connectivity index is 1.90. The number of hydrogen-bond acceptors (Lipinski definition) is 3. The summed E-state index contributed by atoms with van der Waals surface area (Å²) in [6, 6.07) is 4.76. The first-order valence-electron chi connectivity index (χ1n) is 7.12. The molecule has 1 aromatic carbocycles. The van der Waals surface area contributed by atoms with Crippen LogP contribution in [-0.2, 0) is 6.54 Å². The van der Waals surface area contributed by atoms with Crippen molar-refractivity contribution in [2.75, 3.05) is 13.1 Å². The van der Waals surface area contributed by atoms with Crippen molar-refractivity contribution in [1.82, 2.24) is 9.88 Å². The molecule has 0 saturated carbocycles. The van der Waals surface area contributed by atoms with Crippen LogP contribution in [0, 0.1) is 11.7 Å². The second-order valence-corrected chi connectivity index (χ2v) is 5.72. The number of hydrogen-bond donors (Lipinski definition) is 1. The lowest BCUT2D eigenvalue weighted by molar-refractivity contribution is 0.183. The number of likely N-dealkylation sites (tertiary alicyclic amines) is 1. The second kappa shape index (κ2) is 5.37. The molecule has 20 heavy (non-hydrogen) atoms. The van der Waals surface area contributed by atoms with Crippen LogP contribution in [0.5, 0.6) is 5.75 Å². The molecule has 3 rings (SSSR count). The molecule has 1 aliphatic rings. The Morgan fingerprint density at radius 1 is 1.40 bits per heavy atom. The smallest absolute Gasteiger partial charge is 0.146 e. The van der Waals surface area contributed by atoms with Crippen molar-refractivity contribution < 1.29 is 9.50 Å². The number of fused-ring (bicyclic) bond motifs is 1. The highest BCUT2D eigenvalue weighted by molar-refractivity contribution is 5.85. The Hall–Kier alpha value is -1.68. The summed E-state index contributed by atoms with van der Waals surface area (Å²) in [4.78, 5) is 6.37. The highest BCUT2D eigenvalue weighted by Gasteiger charge is 2.19. The summed E-state index contributed by atoms with van der Waals surface area (Å²) in [5.74, 6) is 0.557. The SMILES string of the molecule is CC1CCN(Cc2cc(F)c3cccnc3c2O)CC1. The van der Waals surface area contributed by atoms with Gasteiger partial charge >= 0.3 is 0 Å². The van der Waals surface area contributed by atoms with Gasteiger partial charge in [0, 0.05) is 23.7 Å². The molecule has 1 saturated heterocycles. The summed E-state index contributed by atoms with van der Waals surface area (Å²) in [5.41, 5.74) is 0.983. The summed E-state index contributed by atoms with van der Waals surface area (Å²) in [6.45, 7) is 4.85. The van der Waals surface area contributed by atoms with Crippen LogP contribution in [0.25, 0.3) is 10.9 Å². The molecule has 3 nitrogen and oxygen atoms in total. The number of phenols is 1. The van der Waals surface area contributed by atoms with Crippen LogP contribution in [0.2, 0.25) is 0 Å². The van der Waals surface area contributed by atoms with Gasteiger partial charge in [-0.1, -0.05) is 6.92 Å². The second-order valence-electron chi connectivity index (χ2n) is 5.72. The van der Waals surface area contributed by atoms with E-state index in [-0.39, 0.29) is 11.6 Å². The Kier molecular flexibility index (Phi) is 3.57. The molecule has 1 aliphatic heterocycles. The molecule has 2 heterocycles. The summed E-state index contributed by atoms with van der Waals surface area (Å²) in [7, 11) is 0. The molecular formula is C16H19FN2O. The van der Waals surface area contributed by atoms with E-state index in [0.717, 1.165) is 31.8 Å². The van der Waals surface area contributed by atoms with Crippen molar-refractivity contribution in [2.45, 2.75) is 26.3 Å². The largest absolute Gasteiger partial charge is 0.505 e. The third-order valence-electron chi connectivity index (χ3n) is 4.16. The predicted molar refractivity (Wildman–Crippen MR) is 77.0 cm³/mol. The molecule has 106 valence electrons. The number of piperidine rings is 1. The maximum atomic E-state index is 14.1. The van der Waals surface area contributed by atoms with E-state index in [4.69, 9.17) is 0 Å². The zero-order valence-corrected chi connectivity index (χ0v) is 11.6. The number of halogens is 1. The van der Waals surface area contributed by atoms with Gasteiger partial charge in [0.15, 0.2) is 0 Å². The standard InChI is InChI=1S/C16H19FN2O/c1-11-4-7-19(8-5-11)10-12-9-14(17)13-3-2-6-18-15(13)16(12)20/h2-3,6,9,11,20H,4-5,7-8,10H2,1H3. The topological polar surface area (TPSA) is 36.4 Å². The van der Waals surface area contributed by atoms with Gasteiger partial charge in [0.05, 0.1) is 0 Å². The Morgan fingerprint density at radius 3 is 2.90 bits per heavy atom. The van der Waals surface area contributed by atoms with Gasteiger partial charge in [0.25, 0.3) is 0 Å². The molecule has 0 bridgehead atoms. The lowest BCUT2D eigenvalue weighted by atomic mass is 9.98. The molecule has 1 N–H and O–H groups in total. The monoisotopic (exact) mass is 274 g/mol. The van der Waals surface area contributed by atoms with Crippen molar-refractivity contribution >= 4 is 10.9 Å². The summed E-state index contributed by atoms with van der Waals surface area (Å²) >= 11 is 0. The number of benzene rings is 1. The van der Waals surface area contributed by atoms with Gasteiger partial charge in [-0.25, -0.2) is 4.39 Å². The van der Waals surface area contributed by atoms with E-state index in [1.807, 2.05) is 0 Å². The average Bonchev–Trinajstić information content (AvgIpc) is 2.47. The van der Waals surface area contributed by atoms with Gasteiger partial charge in [-0.2, -0.15) is 0 Å². The van der Waals surface area contributed by atoms with Crippen molar-refractivity contribution in [3.05, 3.63) is 35.8 Å². The molecule has 0 atom stereocenters. The van der Waals surface area contributed by atoms with Crippen LogP contribution in [0.3, 0.4) is 0 Å². The molecule has 0 aliphatic carbocycles. The van der Waals surface area contributed by atoms with E-state index in [1.165, 1.54) is 6.07 Å². The van der Waals surface area contributed by atoms with Crippen LogP contribution >= 0.6 is 0 Å². The van der Waals surface area contributed by atoms with Gasteiger partial charge in [0.2, 0.25) is 0 Å². The molecule has 2 aromatic rings. The van der Waals surface area contributed by atoms with Crippen molar-refractivity contribution in [3.8, 4) is 5.75 Å². The number of pyridine rings is 1. The normalized spacial score (nSPS) is 17.7. The first-order chi connectivity index (χ1) is 9.65. The van der Waals surface area contributed by atoms with E-state index in [2.05, 4.69) is 16.8 Å². The van der Waals surface area contributed by atoms with E-state index >= 15 is 0 Å². The molecular weight excluding hydrogens is 255 g/mol. The fraction of sp³-hybridized carbons (Fsp3) is 0.438. The lowest BCUT2D eigenvalue weighted by Crippen LogP contribution is -2.32. The van der Waals surface area contributed by atoms with E-state index in [1.54, 1.807) is 18.3 Å². The molecule has 1 fully saturated rings. The van der Waals surface area contributed by atoms with E-state index in [0.29, 0.717) is 23.0 Å². The summed E-state index contributed by atoms with van der Waals surface area (Å²) in [6.07, 6.45) is 3.90. The van der Waals surface area contributed by atoms with Gasteiger partial charge in [0.1, 0.15) is 17.1 Å². The van der Waals surface area contributed by atoms with Gasteiger partial charge in [-0.15, -0.1) is 0 Å². The lowest BCUT2D eigenvalue weighted by Gasteiger charge is -2.30. The first kappa shape index (κ1) is 13.3. The maximum absolute atomic E-state index is 14.1. The van der Waals surface area contributed by atoms with Crippen LogP contribution in [-0.4, -0.2) is 28.1 Å². The van der Waals surface area contributed by atoms with Crippen molar-refractivity contribution in [2.24, 2.45) is 5.92 Å². The summed E-state index contributed by atoms with van der Waals surface area (Å²) in [5, 5.41) is 10.7. The van der Waals surface area contributed by atoms with Crippen LogP contribution < -0.4 is 0 Å². The molecule has 0 spiro atoms. The number of phenolic OH excluding ortho intramolecular Hbond substituents is 1. The van der Waals surface area contributed by atoms with Gasteiger partial charge in [-0.3, -0.25) is 9.88 Å². The van der Waals surface area contributed by atoms with E-state index in [9.17, 15) is 9.50 Å². The number of rotatable bonds is 2. The maximum Gasteiger partial charge on any atom is 0.146 e. The fourth-order valence-corrected chi connectivity index (χ4v) is 2.82. The highest BCUT2D eigenvalue weighted by atomic mass is 19.1. The molecule has 0 amide bonds. The zero-order chi connectivity index (χ0) is 14.1. The number of aromatic hydroxyl groups is 1. The minimum Gasteiger partial charge on any atom is -0.505 e. The first-order valence-corrected chi connectivity index (χ1v) is 7.12. The third kappa shape index (κ3) is 2.48. The van der Waals surface area contributed by atoms with Crippen LogP contribution in [0.4, 0.5) is 4.39 Å². The molecule has 1 aromatic heterocycles. The van der Waals surface area contributed by atoms with Gasteiger partial charge < -0.3 is 5.11 Å². The fourth-order valence-electron chi connectivity index (χ4n) is 2.82. The average molecular weight is 274 g/mol. The molecule has 4 heteroatoms. The van der Waals surface area contributed by atoms with Gasteiger partial charge in [-0.05, 0) is 50.0 Å². The van der Waals surface area contributed by atoms with E-state index < -0.39 is 0 Å². The quantitative estimate of drug-likeness (QED) is 0.912. The molecule has 0 radical (unpaired) electrons. The zero-order valence-electron chi connectivity index (χ0n) is 11.6. The predicted octanol–water partition coefficient (Wildman–Crippen LogP) is 3.31. The minimum atomic E-state index is -0.314. The highest BCUT2D eigenvalue weighted by Crippen LogP contribution is 2.31. The van der Waals surface area contributed by atoms with Crippen molar-refractivity contribution in [1.29, 1.82) is 0 Å². The van der Waals surface area contributed by atoms with Crippen molar-refractivity contribution in [3.63, 3.8) is 0 Å². The molecule has 0 unspecified atom stereocenters. The Morgan fingerprint density at radius 2 is 2.15 bits per heavy atom. The Labute approximate surface area is 118 Å². The summed E-state index contributed by atoms with van der Waals surface area (Å²) < 4.78 is 14.1. The van der Waals surface area contributed by atoms with Crippen LogP contribution in [0.1, 0.15) is 25.3 Å².